The van der Waals surface area contributed by atoms with Crippen molar-refractivity contribution in [1.29, 1.82) is 0 Å². The fourth-order valence-electron chi connectivity index (χ4n) is 4.04. The highest BCUT2D eigenvalue weighted by molar-refractivity contribution is 7.10. The van der Waals surface area contributed by atoms with Crippen LogP contribution >= 0.6 is 11.3 Å². The van der Waals surface area contributed by atoms with Crippen LogP contribution in [-0.2, 0) is 4.79 Å². The molecule has 0 aliphatic carbocycles. The summed E-state index contributed by atoms with van der Waals surface area (Å²) in [4.78, 5) is 38.8. The lowest BCUT2D eigenvalue weighted by Gasteiger charge is -2.14. The van der Waals surface area contributed by atoms with Crippen LogP contribution in [0.5, 0.6) is 0 Å². The van der Waals surface area contributed by atoms with E-state index in [-0.39, 0.29) is 24.7 Å². The van der Waals surface area contributed by atoms with E-state index < -0.39 is 0 Å². The van der Waals surface area contributed by atoms with Gasteiger partial charge >= 0.3 is 0 Å². The van der Waals surface area contributed by atoms with E-state index in [9.17, 15) is 14.4 Å². The highest BCUT2D eigenvalue weighted by Gasteiger charge is 2.21. The number of hydrogen-bond acceptors (Lipinski definition) is 6. The zero-order chi connectivity index (χ0) is 25.1. The second kappa shape index (κ2) is 13.9. The van der Waals surface area contributed by atoms with Crippen molar-refractivity contribution in [3.05, 3.63) is 63.6 Å². The molecule has 2 heterocycles. The first kappa shape index (κ1) is 27.5. The third-order valence-electron chi connectivity index (χ3n) is 5.99. The fraction of sp³-hybridized carbons (Fsp3) is 0.464. The summed E-state index contributed by atoms with van der Waals surface area (Å²) in [5.41, 5.74) is 3.66. The van der Waals surface area contributed by atoms with Gasteiger partial charge in [-0.1, -0.05) is 38.2 Å². The van der Waals surface area contributed by atoms with Crippen LogP contribution < -0.4 is 0 Å². The number of thiophene rings is 1. The third-order valence-corrected chi connectivity index (χ3v) is 6.92. The summed E-state index contributed by atoms with van der Waals surface area (Å²) in [6, 6.07) is 3.53. The summed E-state index contributed by atoms with van der Waals surface area (Å²) in [5, 5.41) is 9.90. The maximum absolute atomic E-state index is 12.8. The zero-order valence-corrected chi connectivity index (χ0v) is 21.5. The van der Waals surface area contributed by atoms with Gasteiger partial charge in [0.05, 0.1) is 5.69 Å². The molecule has 2 aromatic rings. The van der Waals surface area contributed by atoms with E-state index in [0.29, 0.717) is 56.2 Å². The molecule has 0 bridgehead atoms. The minimum absolute atomic E-state index is 0. The Balaban J connectivity index is 0.00000612. The number of carbonyl (C=O) groups excluding carboxylic acids is 3. The average molecular weight is 483 g/mol. The van der Waals surface area contributed by atoms with E-state index in [4.69, 9.17) is 0 Å². The number of hydrogen-bond donors (Lipinski definition) is 0. The van der Waals surface area contributed by atoms with Crippen LogP contribution in [0.3, 0.4) is 0 Å². The second-order valence-electron chi connectivity index (χ2n) is 8.87. The number of carbonyl (C=O) groups is 3. The highest BCUT2D eigenvalue weighted by atomic mass is 32.1. The van der Waals surface area contributed by atoms with Gasteiger partial charge in [-0.05, 0) is 63.6 Å². The van der Waals surface area contributed by atoms with Crippen molar-refractivity contribution in [2.45, 2.75) is 78.6 Å². The van der Waals surface area contributed by atoms with Crippen molar-refractivity contribution >= 4 is 34.8 Å². The quantitative estimate of drug-likeness (QED) is 0.184. The molecule has 6 heteroatoms. The first-order valence-corrected chi connectivity index (χ1v) is 12.9. The minimum atomic E-state index is -0.123. The average Bonchev–Trinajstić information content (AvgIpc) is 3.19. The maximum atomic E-state index is 12.8. The van der Waals surface area contributed by atoms with Crippen LogP contribution in [0.15, 0.2) is 36.2 Å². The van der Waals surface area contributed by atoms with Crippen LogP contribution in [0.4, 0.5) is 0 Å². The Labute approximate surface area is 208 Å². The second-order valence-corrected chi connectivity index (χ2v) is 9.95. The molecule has 34 heavy (non-hydrogen) atoms. The molecule has 0 radical (unpaired) electrons. The topological polar surface area (TPSA) is 77.0 Å². The smallest absolute Gasteiger partial charge is 0.186 e. The first-order chi connectivity index (χ1) is 16.3. The molecule has 2 rings (SSSR count). The molecule has 184 valence electrons. The molecule has 0 aliphatic heterocycles. The maximum Gasteiger partial charge on any atom is 0.186 e. The predicted molar refractivity (Wildman–Crippen MR) is 142 cm³/mol. The molecule has 0 aliphatic rings. The number of ketones is 3. The van der Waals surface area contributed by atoms with E-state index in [0.717, 1.165) is 34.5 Å². The van der Waals surface area contributed by atoms with E-state index in [1.807, 2.05) is 19.2 Å². The highest BCUT2D eigenvalue weighted by Crippen LogP contribution is 2.26. The van der Waals surface area contributed by atoms with Crippen LogP contribution in [0, 0.1) is 19.8 Å². The summed E-state index contributed by atoms with van der Waals surface area (Å²) in [7, 11) is 0. The van der Waals surface area contributed by atoms with Gasteiger partial charge in [-0.25, -0.2) is 0 Å². The molecule has 0 aromatic carbocycles. The van der Waals surface area contributed by atoms with Crippen LogP contribution in [0.25, 0.3) is 6.08 Å². The Bertz CT molecular complexity index is 1030. The summed E-state index contributed by atoms with van der Waals surface area (Å²) in [5.74, 6) is 0.143. The van der Waals surface area contributed by atoms with Gasteiger partial charge < -0.3 is 0 Å². The standard InChI is InChI=1S/C28H36N2O3S.H2/c1-6-10-22(28(33)26-16-15-20(4)29-30-26)12-9-14-23(31)13-8-11-19(3)17-27(32)25-18-34-21(5)24(25)7-2;/h7,15-16,18,22H,2-3,6,8-14,17H2,1,4-5H3;1H. The monoisotopic (exact) mass is 482 g/mol. The molecule has 0 saturated heterocycles. The number of nitrogens with zero attached hydrogens (tertiary/aromatic N) is 2. The first-order valence-electron chi connectivity index (χ1n) is 12.0. The lowest BCUT2D eigenvalue weighted by molar-refractivity contribution is -0.119. The molecule has 0 spiro atoms. The van der Waals surface area contributed by atoms with E-state index >= 15 is 0 Å². The summed E-state index contributed by atoms with van der Waals surface area (Å²) in [6.07, 6.45) is 7.38. The molecule has 0 saturated carbocycles. The Kier molecular flexibility index (Phi) is 11.2. The molecule has 2 aromatic heterocycles. The summed E-state index contributed by atoms with van der Waals surface area (Å²) >= 11 is 1.55. The molecule has 5 nitrogen and oxygen atoms in total. The predicted octanol–water partition coefficient (Wildman–Crippen LogP) is 7.38. The third kappa shape index (κ3) is 8.24. The van der Waals surface area contributed by atoms with Gasteiger partial charge in [0.1, 0.15) is 11.5 Å². The Morgan fingerprint density at radius 1 is 1.09 bits per heavy atom. The largest absolute Gasteiger partial charge is 0.300 e. The number of aryl methyl sites for hydroxylation is 2. The van der Waals surface area contributed by atoms with Gasteiger partial charge in [0.2, 0.25) is 0 Å². The van der Waals surface area contributed by atoms with Gasteiger partial charge in [0.15, 0.2) is 11.6 Å². The van der Waals surface area contributed by atoms with Crippen LogP contribution in [0.2, 0.25) is 0 Å². The summed E-state index contributed by atoms with van der Waals surface area (Å²) in [6.45, 7) is 13.7. The van der Waals surface area contributed by atoms with Crippen molar-refractivity contribution in [2.75, 3.05) is 0 Å². The van der Waals surface area contributed by atoms with Gasteiger partial charge in [-0.2, -0.15) is 5.10 Å². The number of rotatable bonds is 16. The fourth-order valence-corrected chi connectivity index (χ4v) is 4.92. The molecular weight excluding hydrogens is 444 g/mol. The lowest BCUT2D eigenvalue weighted by Crippen LogP contribution is -2.17. The molecule has 1 atom stereocenters. The van der Waals surface area contributed by atoms with Crippen molar-refractivity contribution in [1.82, 2.24) is 10.2 Å². The van der Waals surface area contributed by atoms with Crippen molar-refractivity contribution in [2.24, 2.45) is 5.92 Å². The number of aromatic nitrogens is 2. The number of Topliss-reactive ketones (excluding diaryl/α,β-unsaturated/α-hetero) is 3. The van der Waals surface area contributed by atoms with E-state index in [2.05, 4.69) is 30.3 Å². The van der Waals surface area contributed by atoms with Crippen LogP contribution in [0.1, 0.15) is 103 Å². The Morgan fingerprint density at radius 3 is 2.47 bits per heavy atom. The van der Waals surface area contributed by atoms with Gasteiger partial charge in [-0.3, -0.25) is 14.4 Å². The van der Waals surface area contributed by atoms with Gasteiger partial charge in [-0.15, -0.1) is 16.4 Å². The van der Waals surface area contributed by atoms with Gasteiger partial charge in [0, 0.05) is 42.4 Å². The normalized spacial score (nSPS) is 11.7. The lowest BCUT2D eigenvalue weighted by atomic mass is 9.90. The molecule has 0 N–H and O–H groups in total. The van der Waals surface area contributed by atoms with E-state index in [1.54, 1.807) is 29.5 Å². The molecular formula is C28H38N2O3S. The van der Waals surface area contributed by atoms with Gasteiger partial charge in [0.25, 0.3) is 0 Å². The SMILES string of the molecule is C=Cc1c(C(=O)CC(=C)CCCC(=O)CCCC(CCC)C(=O)c2ccc(C)nn2)csc1C.[HH]. The zero-order valence-electron chi connectivity index (χ0n) is 20.7. The Morgan fingerprint density at radius 2 is 1.82 bits per heavy atom. The molecule has 0 amide bonds. The Hall–Kier alpha value is -2.73. The molecule has 0 fully saturated rings. The van der Waals surface area contributed by atoms with E-state index in [1.165, 1.54) is 0 Å². The number of allylic oxidation sites excluding steroid dienone is 1. The van der Waals surface area contributed by atoms with Crippen molar-refractivity contribution in [3.8, 4) is 0 Å². The summed E-state index contributed by atoms with van der Waals surface area (Å²) < 4.78 is 0. The van der Waals surface area contributed by atoms with Crippen molar-refractivity contribution < 1.29 is 15.8 Å². The van der Waals surface area contributed by atoms with Crippen molar-refractivity contribution in [3.63, 3.8) is 0 Å². The minimum Gasteiger partial charge on any atom is -0.300 e. The van der Waals surface area contributed by atoms with Crippen LogP contribution in [-0.4, -0.2) is 27.5 Å². The molecule has 1 unspecified atom stereocenters.